The first-order chi connectivity index (χ1) is 7.71. The van der Waals surface area contributed by atoms with E-state index in [1.165, 1.54) is 19.3 Å². The summed E-state index contributed by atoms with van der Waals surface area (Å²) in [4.78, 5) is 2.46. The van der Waals surface area contributed by atoms with Gasteiger partial charge in [-0.3, -0.25) is 4.90 Å². The number of nitrogens with zero attached hydrogens (tertiary/aromatic N) is 1. The number of likely N-dealkylation sites (N-methyl/N-ethyl adjacent to an activating group) is 1. The molecule has 1 N–H and O–H groups in total. The van der Waals surface area contributed by atoms with Gasteiger partial charge in [0.05, 0.1) is 6.61 Å². The van der Waals surface area contributed by atoms with Crippen LogP contribution in [0.1, 0.15) is 40.0 Å². The fourth-order valence-corrected chi connectivity index (χ4v) is 2.12. The zero-order valence-electron chi connectivity index (χ0n) is 11.8. The quantitative estimate of drug-likeness (QED) is 0.582. The molecule has 0 aliphatic rings. The van der Waals surface area contributed by atoms with Crippen molar-refractivity contribution in [3.63, 3.8) is 0 Å². The van der Waals surface area contributed by atoms with E-state index in [0.717, 1.165) is 19.7 Å². The minimum atomic E-state index is 0.487. The van der Waals surface area contributed by atoms with Crippen LogP contribution in [0.25, 0.3) is 0 Å². The molecule has 0 heterocycles. The number of nitrogens with one attached hydrogen (secondary N) is 1. The summed E-state index contributed by atoms with van der Waals surface area (Å²) in [6, 6.07) is 1.16. The third-order valence-electron chi connectivity index (χ3n) is 3.26. The third-order valence-corrected chi connectivity index (χ3v) is 3.26. The van der Waals surface area contributed by atoms with E-state index >= 15 is 0 Å². The van der Waals surface area contributed by atoms with Crippen molar-refractivity contribution < 1.29 is 4.74 Å². The third kappa shape index (κ3) is 5.83. The highest BCUT2D eigenvalue weighted by Crippen LogP contribution is 2.10. The maximum absolute atomic E-state index is 5.31. The van der Waals surface area contributed by atoms with E-state index < -0.39 is 0 Å². The van der Waals surface area contributed by atoms with E-state index in [2.05, 4.69) is 38.0 Å². The van der Waals surface area contributed by atoms with Crippen molar-refractivity contribution in [1.82, 2.24) is 10.2 Å². The SMILES string of the molecule is CCCNCC(COC)N(C)C(CC)CC. The van der Waals surface area contributed by atoms with Gasteiger partial charge in [-0.25, -0.2) is 0 Å². The summed E-state index contributed by atoms with van der Waals surface area (Å²) in [5.74, 6) is 0. The number of hydrogen-bond acceptors (Lipinski definition) is 3. The smallest absolute Gasteiger partial charge is 0.0630 e. The predicted octanol–water partition coefficient (Wildman–Crippen LogP) is 2.12. The zero-order valence-corrected chi connectivity index (χ0v) is 11.8. The van der Waals surface area contributed by atoms with Crippen LogP contribution in [0, 0.1) is 0 Å². The van der Waals surface area contributed by atoms with Crippen molar-refractivity contribution in [2.45, 2.75) is 52.1 Å². The van der Waals surface area contributed by atoms with Crippen LogP contribution in [0.2, 0.25) is 0 Å². The lowest BCUT2D eigenvalue weighted by Gasteiger charge is -2.34. The summed E-state index contributed by atoms with van der Waals surface area (Å²) >= 11 is 0. The van der Waals surface area contributed by atoms with Crippen LogP contribution in [-0.4, -0.2) is 50.8 Å². The fraction of sp³-hybridized carbons (Fsp3) is 1.00. The molecule has 16 heavy (non-hydrogen) atoms. The second-order valence-electron chi connectivity index (χ2n) is 4.45. The van der Waals surface area contributed by atoms with Gasteiger partial charge < -0.3 is 10.1 Å². The second kappa shape index (κ2) is 10.1. The average molecular weight is 230 g/mol. The molecule has 0 bridgehead atoms. The van der Waals surface area contributed by atoms with Crippen LogP contribution in [0.3, 0.4) is 0 Å². The molecule has 3 nitrogen and oxygen atoms in total. The van der Waals surface area contributed by atoms with E-state index in [9.17, 15) is 0 Å². The van der Waals surface area contributed by atoms with Gasteiger partial charge in [0.25, 0.3) is 0 Å². The minimum Gasteiger partial charge on any atom is -0.383 e. The molecule has 0 saturated carbocycles. The van der Waals surface area contributed by atoms with Crippen LogP contribution in [0.5, 0.6) is 0 Å². The van der Waals surface area contributed by atoms with E-state index in [1.807, 2.05) is 0 Å². The molecule has 1 unspecified atom stereocenters. The Balaban J connectivity index is 4.14. The fourth-order valence-electron chi connectivity index (χ4n) is 2.12. The Bertz CT molecular complexity index is 149. The van der Waals surface area contributed by atoms with Gasteiger partial charge in [-0.1, -0.05) is 20.8 Å². The molecule has 0 saturated heterocycles. The molecule has 3 heteroatoms. The highest BCUT2D eigenvalue weighted by molar-refractivity contribution is 4.76. The van der Waals surface area contributed by atoms with Crippen molar-refractivity contribution >= 4 is 0 Å². The summed E-state index contributed by atoms with van der Waals surface area (Å²) < 4.78 is 5.31. The molecule has 98 valence electrons. The zero-order chi connectivity index (χ0) is 12.4. The Morgan fingerprint density at radius 1 is 1.12 bits per heavy atom. The Kier molecular flexibility index (Phi) is 9.99. The van der Waals surface area contributed by atoms with Gasteiger partial charge in [0.15, 0.2) is 0 Å². The maximum atomic E-state index is 5.31. The first-order valence-corrected chi connectivity index (χ1v) is 6.62. The maximum Gasteiger partial charge on any atom is 0.0630 e. The monoisotopic (exact) mass is 230 g/mol. The van der Waals surface area contributed by atoms with Crippen LogP contribution in [0.15, 0.2) is 0 Å². The molecule has 0 radical (unpaired) electrons. The largest absolute Gasteiger partial charge is 0.383 e. The van der Waals surface area contributed by atoms with E-state index in [4.69, 9.17) is 4.74 Å². The summed E-state index contributed by atoms with van der Waals surface area (Å²) in [5, 5.41) is 3.48. The van der Waals surface area contributed by atoms with Crippen molar-refractivity contribution in [1.29, 1.82) is 0 Å². The number of ether oxygens (including phenoxy) is 1. The molecule has 0 fully saturated rings. The van der Waals surface area contributed by atoms with Crippen molar-refractivity contribution in [2.75, 3.05) is 33.9 Å². The highest BCUT2D eigenvalue weighted by Gasteiger charge is 2.19. The summed E-state index contributed by atoms with van der Waals surface area (Å²) in [5.41, 5.74) is 0. The van der Waals surface area contributed by atoms with Gasteiger partial charge in [-0.2, -0.15) is 0 Å². The van der Waals surface area contributed by atoms with Crippen LogP contribution < -0.4 is 5.32 Å². The van der Waals surface area contributed by atoms with Gasteiger partial charge in [0.1, 0.15) is 0 Å². The summed E-state index contributed by atoms with van der Waals surface area (Å²) in [6.45, 7) is 9.64. The van der Waals surface area contributed by atoms with Gasteiger partial charge in [-0.15, -0.1) is 0 Å². The number of methoxy groups -OCH3 is 1. The summed E-state index contributed by atoms with van der Waals surface area (Å²) in [6.07, 6.45) is 3.61. The Morgan fingerprint density at radius 3 is 2.19 bits per heavy atom. The summed E-state index contributed by atoms with van der Waals surface area (Å²) in [7, 11) is 4.00. The Morgan fingerprint density at radius 2 is 1.75 bits per heavy atom. The number of hydrogen-bond donors (Lipinski definition) is 1. The van der Waals surface area contributed by atoms with Crippen LogP contribution in [0.4, 0.5) is 0 Å². The van der Waals surface area contributed by atoms with Crippen LogP contribution >= 0.6 is 0 Å². The molecule has 0 rings (SSSR count). The van der Waals surface area contributed by atoms with Gasteiger partial charge >= 0.3 is 0 Å². The van der Waals surface area contributed by atoms with Crippen molar-refractivity contribution in [3.05, 3.63) is 0 Å². The lowest BCUT2D eigenvalue weighted by atomic mass is 10.1. The number of rotatable bonds is 10. The molecule has 0 aromatic rings. The molecule has 0 amide bonds. The Hall–Kier alpha value is -0.120. The molecule has 0 aliphatic heterocycles. The predicted molar refractivity (Wildman–Crippen MR) is 71.0 cm³/mol. The first-order valence-electron chi connectivity index (χ1n) is 6.62. The standard InChI is InChI=1S/C13H30N2O/c1-6-9-14-10-13(11-16-5)15(4)12(7-2)8-3/h12-14H,6-11H2,1-5H3. The molecule has 0 spiro atoms. The minimum absolute atomic E-state index is 0.487. The Labute approximate surface area is 102 Å². The first kappa shape index (κ1) is 15.9. The molecular formula is C13H30N2O. The van der Waals surface area contributed by atoms with E-state index in [0.29, 0.717) is 12.1 Å². The molecule has 0 aliphatic carbocycles. The molecular weight excluding hydrogens is 200 g/mol. The van der Waals surface area contributed by atoms with Gasteiger partial charge in [-0.05, 0) is 32.9 Å². The molecule has 1 atom stereocenters. The second-order valence-corrected chi connectivity index (χ2v) is 4.45. The molecule has 0 aromatic carbocycles. The van der Waals surface area contributed by atoms with E-state index in [1.54, 1.807) is 7.11 Å². The van der Waals surface area contributed by atoms with Crippen molar-refractivity contribution in [2.24, 2.45) is 0 Å². The average Bonchev–Trinajstić information content (AvgIpc) is 2.29. The van der Waals surface area contributed by atoms with Gasteiger partial charge in [0.2, 0.25) is 0 Å². The highest BCUT2D eigenvalue weighted by atomic mass is 16.5. The van der Waals surface area contributed by atoms with Crippen LogP contribution in [-0.2, 0) is 4.74 Å². The lowest BCUT2D eigenvalue weighted by Crippen LogP contribution is -2.47. The van der Waals surface area contributed by atoms with Gasteiger partial charge in [0, 0.05) is 25.7 Å². The van der Waals surface area contributed by atoms with E-state index in [-0.39, 0.29) is 0 Å². The van der Waals surface area contributed by atoms with Crippen molar-refractivity contribution in [3.8, 4) is 0 Å². The molecule has 0 aromatic heterocycles. The normalized spacial score (nSPS) is 13.7. The topological polar surface area (TPSA) is 24.5 Å². The lowest BCUT2D eigenvalue weighted by molar-refractivity contribution is 0.0764.